The summed E-state index contributed by atoms with van der Waals surface area (Å²) < 4.78 is 375. The van der Waals surface area contributed by atoms with Crippen LogP contribution in [0.5, 0.6) is 11.5 Å². The first-order valence-corrected chi connectivity index (χ1v) is 34.5. The molecule has 0 saturated carbocycles. The van der Waals surface area contributed by atoms with Crippen LogP contribution in [-0.4, -0.2) is 195 Å². The van der Waals surface area contributed by atoms with Gasteiger partial charge in [-0.3, -0.25) is 45.9 Å². The minimum absolute atomic E-state index is 0.0226. The first-order valence-electron chi connectivity index (χ1n) is 20.6. The lowest BCUT2D eigenvalue weighted by Crippen LogP contribution is -2.63. The second-order valence-corrected chi connectivity index (χ2v) is 27.8. The van der Waals surface area contributed by atoms with Gasteiger partial charge in [-0.15, -0.1) is 0 Å². The highest BCUT2D eigenvalue weighted by atomic mass is 32.3. The number of rotatable bonds is 28. The van der Waals surface area contributed by atoms with Crippen LogP contribution in [0.2, 0.25) is 0 Å². The third kappa shape index (κ3) is 22.8. The summed E-state index contributed by atoms with van der Waals surface area (Å²) in [6, 6.07) is 9.44. The van der Waals surface area contributed by atoms with Gasteiger partial charge in [-0.05, 0) is 79.2 Å². The molecule has 0 spiro atoms. The van der Waals surface area contributed by atoms with Crippen molar-refractivity contribution in [2.24, 2.45) is 0 Å². The normalized spacial score (nSPS) is 24.6. The molecule has 0 radical (unpaired) electrons. The summed E-state index contributed by atoms with van der Waals surface area (Å²) in [5, 5.41) is 0. The molecule has 2 heterocycles. The van der Waals surface area contributed by atoms with Crippen LogP contribution in [0.1, 0.15) is 5.56 Å². The summed E-state index contributed by atoms with van der Waals surface area (Å²) in [5.41, 5.74) is -0.806. The van der Waals surface area contributed by atoms with Crippen LogP contribution in [0, 0.1) is 6.92 Å². The first kappa shape index (κ1) is 69.4. The topological polar surface area (TPSA) is 638 Å². The van der Waals surface area contributed by atoms with Gasteiger partial charge in [0.2, 0.25) is 12.6 Å². The Bertz CT molecular complexity index is 3780. The average molecular weight is 1400 g/mol. The number of aryl methyl sites for hydroxylation is 1. The van der Waals surface area contributed by atoms with Crippen LogP contribution < -0.4 is 18.9 Å². The Morgan fingerprint density at radius 1 is 0.373 bits per heavy atom. The van der Waals surface area contributed by atoms with Crippen LogP contribution in [-0.2, 0) is 146 Å². The van der Waals surface area contributed by atoms with Crippen LogP contribution in [0.15, 0.2) is 76.5 Å². The van der Waals surface area contributed by atoms with E-state index < -0.39 is 211 Å². The van der Waals surface area contributed by atoms with E-state index in [1.807, 2.05) is 0 Å². The molecule has 83 heavy (non-hydrogen) atoms. The lowest BCUT2D eigenvalue weighted by atomic mass is 9.99. The van der Waals surface area contributed by atoms with E-state index in [2.05, 4.69) is 42.9 Å². The molecule has 3 aromatic rings. The molecular formula is C31H38N2O40S10. The predicted molar refractivity (Wildman–Crippen MR) is 258 cm³/mol. The molecule has 2 saturated heterocycles. The van der Waals surface area contributed by atoms with Crippen molar-refractivity contribution >= 4 is 115 Å². The Kier molecular flexibility index (Phi) is 21.4. The van der Waals surface area contributed by atoms with Gasteiger partial charge in [-0.25, -0.2) is 50.3 Å². The van der Waals surface area contributed by atoms with E-state index in [1.165, 1.54) is 6.92 Å². The van der Waals surface area contributed by atoms with Crippen molar-refractivity contribution in [3.8, 4) is 11.5 Å². The van der Waals surface area contributed by atoms with E-state index in [0.29, 0.717) is 6.07 Å². The van der Waals surface area contributed by atoms with Gasteiger partial charge >= 0.3 is 83.2 Å². The molecule has 10 atom stereocenters. The Hall–Kier alpha value is -4.36. The summed E-state index contributed by atoms with van der Waals surface area (Å²) in [4.78, 5) is -1.50. The Labute approximate surface area is 469 Å². The van der Waals surface area contributed by atoms with E-state index in [-0.39, 0.29) is 5.56 Å². The SMILES string of the molecule is Cc1cc(S(=O)(=O)Nc2ccc(O[C@@H]3O[C@H](COS(=O)(=O)O)[C@@H](OS(=O)(=O)O)[C@H](OS(=O)(=O)O)[C@H]3OS(=O)(=O)O)cc2)cc(S(=O)(=O)Nc2ccc(O[C@@H]3O[C@H](COS(=O)(=O)O)[C@@H](OS(=O)(=O)O)[C@H](OS(=O)(=O)O)[C@H]3OS(=O)(=O)O)cc2)c1. The quantitative estimate of drug-likeness (QED) is 0.0316. The zero-order valence-corrected chi connectivity index (χ0v) is 47.9. The molecule has 2 aliphatic rings. The second-order valence-electron chi connectivity index (χ2n) is 15.9. The number of hydrogen-bond acceptors (Lipinski definition) is 32. The van der Waals surface area contributed by atoms with Gasteiger partial charge in [-0.1, -0.05) is 0 Å². The monoisotopic (exact) mass is 1400 g/mol. The van der Waals surface area contributed by atoms with Crippen molar-refractivity contribution < 1.29 is 173 Å². The molecule has 2 fully saturated rings. The van der Waals surface area contributed by atoms with Crippen molar-refractivity contribution in [3.05, 3.63) is 72.3 Å². The molecule has 0 bridgehead atoms. The van der Waals surface area contributed by atoms with Crippen LogP contribution in [0.3, 0.4) is 0 Å². The number of benzene rings is 3. The molecule has 472 valence electrons. The molecule has 3 aromatic carbocycles. The summed E-state index contributed by atoms with van der Waals surface area (Å²) in [5.74, 6) is -1.16. The van der Waals surface area contributed by atoms with Crippen molar-refractivity contribution in [1.82, 2.24) is 0 Å². The van der Waals surface area contributed by atoms with Crippen molar-refractivity contribution in [1.29, 1.82) is 0 Å². The molecule has 2 aliphatic heterocycles. The van der Waals surface area contributed by atoms with Crippen molar-refractivity contribution in [2.75, 3.05) is 22.7 Å². The van der Waals surface area contributed by atoms with Gasteiger partial charge in [0, 0.05) is 11.4 Å². The van der Waals surface area contributed by atoms with Crippen LogP contribution in [0.4, 0.5) is 11.4 Å². The zero-order valence-electron chi connectivity index (χ0n) is 39.8. The summed E-state index contributed by atoms with van der Waals surface area (Å²) >= 11 is 0. The van der Waals surface area contributed by atoms with Crippen molar-refractivity contribution in [2.45, 2.75) is 78.1 Å². The number of sulfonamides is 2. The van der Waals surface area contributed by atoms with E-state index >= 15 is 0 Å². The molecule has 0 unspecified atom stereocenters. The zero-order chi connectivity index (χ0) is 62.9. The first-order chi connectivity index (χ1) is 37.4. The standard InChI is InChI=1S/C31H38N2O40S10/c1-15-10-20(74(34,35)32-16-2-6-18(7-3-16)64-30-28(72-82(56,57)58)26(70-80(50,51)52)24(68-78(44,45)46)22(66-30)13-62-76(38,39)40)12-21(11-15)75(36,37)33-17-4-8-19(9-5-17)65-31-29(73-83(59,60)61)27(71-81(53,54)55)25(69-79(47,48)49)23(67-31)14-63-77(41,42)43/h2-12,22-33H,13-14H2,1H3,(H,38,39,40)(H,41,42,43)(H,44,45,46)(H,47,48,49)(H,50,51,52)(H,53,54,55)(H,56,57,58)(H,59,60,61)/t22-,23-,24-,25-,26+,27+,28-,29-,30-,31-/m1/s1. The molecule has 5 rings (SSSR count). The van der Waals surface area contributed by atoms with E-state index in [1.54, 1.807) is 0 Å². The Balaban J connectivity index is 1.39. The maximum absolute atomic E-state index is 13.7. The maximum Gasteiger partial charge on any atom is 0.397 e. The highest BCUT2D eigenvalue weighted by Gasteiger charge is 2.56. The second kappa shape index (κ2) is 25.5. The van der Waals surface area contributed by atoms with Crippen LogP contribution in [0.25, 0.3) is 0 Å². The predicted octanol–water partition coefficient (Wildman–Crippen LogP) is -3.43. The molecule has 0 aromatic heterocycles. The van der Waals surface area contributed by atoms with E-state index in [4.69, 9.17) is 28.1 Å². The number of ether oxygens (including phenoxy) is 4. The van der Waals surface area contributed by atoms with Gasteiger partial charge in [0.1, 0.15) is 48.1 Å². The maximum atomic E-state index is 13.7. The van der Waals surface area contributed by atoms with E-state index in [0.717, 1.165) is 60.7 Å². The Morgan fingerprint density at radius 2 is 0.639 bits per heavy atom. The lowest BCUT2D eigenvalue weighted by molar-refractivity contribution is -0.260. The largest absolute Gasteiger partial charge is 0.462 e. The fraction of sp³-hybridized carbons (Fsp3) is 0.419. The molecule has 0 aliphatic carbocycles. The third-order valence-corrected chi connectivity index (χ3v) is 16.1. The van der Waals surface area contributed by atoms with Crippen molar-refractivity contribution in [3.63, 3.8) is 0 Å². The average Bonchev–Trinajstić information content (AvgIpc) is 3.29. The highest BCUT2D eigenvalue weighted by Crippen LogP contribution is 2.36. The number of hydrogen-bond donors (Lipinski definition) is 10. The molecule has 10 N–H and O–H groups in total. The minimum Gasteiger partial charge on any atom is -0.462 e. The molecule has 42 nitrogen and oxygen atoms in total. The van der Waals surface area contributed by atoms with Gasteiger partial charge in [0.25, 0.3) is 20.0 Å². The van der Waals surface area contributed by atoms with Gasteiger partial charge in [0.15, 0.2) is 12.2 Å². The molecular weight excluding hydrogens is 1360 g/mol. The number of nitrogens with one attached hydrogen (secondary N) is 2. The van der Waals surface area contributed by atoms with Crippen LogP contribution >= 0.6 is 0 Å². The summed E-state index contributed by atoms with van der Waals surface area (Å²) in [6.07, 6.45) is -27.3. The lowest BCUT2D eigenvalue weighted by Gasteiger charge is -2.42. The highest BCUT2D eigenvalue weighted by molar-refractivity contribution is 7.93. The smallest absolute Gasteiger partial charge is 0.397 e. The van der Waals surface area contributed by atoms with Gasteiger partial charge < -0.3 is 18.9 Å². The fourth-order valence-electron chi connectivity index (χ4n) is 6.94. The third-order valence-electron chi connectivity index (χ3n) is 9.70. The summed E-state index contributed by atoms with van der Waals surface area (Å²) in [7, 11) is -55.7. The molecule has 0 amide bonds. The fourth-order valence-corrected chi connectivity index (χ4v) is 13.0. The number of anilines is 2. The Morgan fingerprint density at radius 3 is 0.904 bits per heavy atom. The van der Waals surface area contributed by atoms with Gasteiger partial charge in [-0.2, -0.15) is 67.3 Å². The molecule has 52 heteroatoms. The van der Waals surface area contributed by atoms with Gasteiger partial charge in [0.05, 0.1) is 23.0 Å². The summed E-state index contributed by atoms with van der Waals surface area (Å²) in [6.45, 7) is -1.96. The van der Waals surface area contributed by atoms with E-state index in [9.17, 15) is 111 Å². The minimum atomic E-state index is -5.89.